The number of likely N-dealkylation sites (N-methyl/N-ethyl adjacent to an activating group) is 1. The van der Waals surface area contributed by atoms with E-state index in [0.29, 0.717) is 44.7 Å². The molecule has 432 valence electrons. The van der Waals surface area contributed by atoms with Crippen molar-refractivity contribution in [3.05, 3.63) is 95.3 Å². The van der Waals surface area contributed by atoms with E-state index in [0.717, 1.165) is 85.1 Å². The monoisotopic (exact) mass is 1130 g/mol. The van der Waals surface area contributed by atoms with Gasteiger partial charge < -0.3 is 40.1 Å². The number of benzene rings is 2. The number of unbranched alkanes of at least 4 members (excludes halogenated alkanes) is 2. The van der Waals surface area contributed by atoms with Gasteiger partial charge in [0.15, 0.2) is 0 Å². The molecule has 9 rings (SSSR count). The highest BCUT2D eigenvalue weighted by Gasteiger charge is 2.71. The van der Waals surface area contributed by atoms with Crippen LogP contribution in [0.15, 0.2) is 93.9 Å². The number of nitrogens with one attached hydrogen (secondary N) is 2. The fourth-order valence-corrected chi connectivity index (χ4v) is 16.8. The number of esters is 1. The Hall–Kier alpha value is -4.89. The van der Waals surface area contributed by atoms with Crippen LogP contribution >= 0.6 is 0 Å². The molecule has 4 saturated carbocycles. The second-order valence-corrected chi connectivity index (χ2v) is 27.8. The predicted octanol–water partition coefficient (Wildman–Crippen LogP) is 7.87. The third-order valence-electron chi connectivity index (χ3n) is 20.2. The summed E-state index contributed by atoms with van der Waals surface area (Å²) in [4.78, 5) is 41.8. The van der Waals surface area contributed by atoms with E-state index in [1.165, 1.54) is 18.2 Å². The number of aliphatic hydroxyl groups is 2. The molecule has 3 aliphatic heterocycles. The van der Waals surface area contributed by atoms with Crippen molar-refractivity contribution in [1.29, 1.82) is 0 Å². The van der Waals surface area contributed by atoms with Gasteiger partial charge in [-0.1, -0.05) is 72.3 Å². The van der Waals surface area contributed by atoms with Gasteiger partial charge in [-0.2, -0.15) is 16.8 Å². The van der Waals surface area contributed by atoms with Crippen LogP contribution in [0.25, 0.3) is 0 Å². The zero-order valence-electron chi connectivity index (χ0n) is 46.9. The Morgan fingerprint density at radius 2 is 1.49 bits per heavy atom. The number of cyclic esters (lactones) is 1. The minimum absolute atomic E-state index is 0.0578. The van der Waals surface area contributed by atoms with E-state index < -0.39 is 48.2 Å². The Kier molecular flexibility index (Phi) is 16.4. The fraction of sp³-hybridized carbons (Fsp3) is 0.617. The zero-order valence-corrected chi connectivity index (χ0v) is 48.5. The van der Waals surface area contributed by atoms with Crippen molar-refractivity contribution in [1.82, 2.24) is 10.6 Å². The first-order valence-corrected chi connectivity index (χ1v) is 31.3. The number of carbonyl (C=O) groups is 3. The number of carbonyl (C=O) groups excluding carboxylic acids is 3. The number of hydrogen-bond acceptors (Lipinski definition) is 13. The summed E-state index contributed by atoms with van der Waals surface area (Å²) in [6, 6.07) is 9.26. The number of nitrogens with zero attached hydrogens (tertiary/aromatic N) is 2. The van der Waals surface area contributed by atoms with Crippen LogP contribution in [0.1, 0.15) is 137 Å². The average molecular weight is 1130 g/mol. The molecule has 0 radical (unpaired) electrons. The van der Waals surface area contributed by atoms with Gasteiger partial charge in [0.2, 0.25) is 11.8 Å². The molecule has 10 atom stereocenters. The number of rotatable bonds is 19. The number of anilines is 2. The lowest BCUT2D eigenvalue weighted by Crippen LogP contribution is -2.67. The largest absolute Gasteiger partial charge is 0.458 e. The highest BCUT2D eigenvalue weighted by molar-refractivity contribution is 7.86. The molecule has 0 aromatic heterocycles. The molecule has 7 aliphatic rings. The van der Waals surface area contributed by atoms with E-state index in [2.05, 4.69) is 33.4 Å². The van der Waals surface area contributed by atoms with E-state index in [9.17, 15) is 50.5 Å². The van der Waals surface area contributed by atoms with Gasteiger partial charge in [-0.25, -0.2) is 4.79 Å². The van der Waals surface area contributed by atoms with E-state index in [-0.39, 0.29) is 89.2 Å². The summed E-state index contributed by atoms with van der Waals surface area (Å²) in [7, 11) is -8.82. The van der Waals surface area contributed by atoms with Gasteiger partial charge in [-0.3, -0.25) is 18.7 Å². The maximum atomic E-state index is 12.9. The van der Waals surface area contributed by atoms with Gasteiger partial charge in [-0.15, -0.1) is 0 Å². The summed E-state index contributed by atoms with van der Waals surface area (Å²) in [6.07, 6.45) is 19.4. The minimum Gasteiger partial charge on any atom is -0.458 e. The molecule has 1 unspecified atom stereocenters. The second-order valence-electron chi connectivity index (χ2n) is 24.9. The zero-order chi connectivity index (χ0) is 57.1. The first kappa shape index (κ1) is 58.8. The molecule has 2 aromatic rings. The van der Waals surface area contributed by atoms with Crippen LogP contribution in [0.2, 0.25) is 0 Å². The van der Waals surface area contributed by atoms with Gasteiger partial charge in [0, 0.05) is 72.0 Å². The topological polar surface area (TPSA) is 249 Å². The molecule has 17 nitrogen and oxygen atoms in total. The maximum Gasteiger partial charge on any atom is 0.331 e. The normalized spacial score (nSPS) is 32.1. The van der Waals surface area contributed by atoms with Gasteiger partial charge in [-0.05, 0) is 159 Å². The number of aliphatic hydroxyl groups excluding tert-OH is 1. The Labute approximate surface area is 466 Å². The van der Waals surface area contributed by atoms with E-state index >= 15 is 0 Å². The van der Waals surface area contributed by atoms with Gasteiger partial charge in [0.05, 0.1) is 33.6 Å². The molecule has 0 spiro atoms. The summed E-state index contributed by atoms with van der Waals surface area (Å²) in [5.41, 5.74) is 2.19. The van der Waals surface area contributed by atoms with Crippen molar-refractivity contribution >= 4 is 49.4 Å². The van der Waals surface area contributed by atoms with Crippen LogP contribution in [0.3, 0.4) is 0 Å². The summed E-state index contributed by atoms with van der Waals surface area (Å²) in [6.45, 7) is 16.5. The van der Waals surface area contributed by atoms with Crippen LogP contribution in [0.5, 0.6) is 0 Å². The van der Waals surface area contributed by atoms with Crippen LogP contribution in [0.4, 0.5) is 11.4 Å². The Balaban J connectivity index is 0.716. The Bertz CT molecular complexity index is 3060. The van der Waals surface area contributed by atoms with Gasteiger partial charge >= 0.3 is 5.97 Å². The van der Waals surface area contributed by atoms with Crippen molar-refractivity contribution in [3.8, 4) is 0 Å². The quantitative estimate of drug-likeness (QED) is 0.0339. The molecular formula is C60H82N4O13S2. The summed E-state index contributed by atoms with van der Waals surface area (Å²) in [5.74, 6) is -0.238. The Morgan fingerprint density at radius 1 is 0.810 bits per heavy atom. The van der Waals surface area contributed by atoms with E-state index in [1.807, 2.05) is 65.8 Å². The first-order valence-electron chi connectivity index (χ1n) is 28.4. The molecule has 19 heteroatoms. The molecule has 79 heavy (non-hydrogen) atoms. The van der Waals surface area contributed by atoms with E-state index in [1.54, 1.807) is 24.3 Å². The number of amides is 2. The third-order valence-corrected chi connectivity index (χ3v) is 21.9. The molecule has 4 aliphatic carbocycles. The molecule has 4 fully saturated rings. The number of allylic oxidation sites excluding steroid dienone is 5. The van der Waals surface area contributed by atoms with Crippen LogP contribution < -0.4 is 20.4 Å². The first-order chi connectivity index (χ1) is 37.2. The van der Waals surface area contributed by atoms with Crippen LogP contribution in [-0.4, -0.2) is 117 Å². The highest BCUT2D eigenvalue weighted by atomic mass is 32.2. The lowest BCUT2D eigenvalue weighted by atomic mass is 9.42. The smallest absolute Gasteiger partial charge is 0.331 e. The number of hydrogen-bond donors (Lipinski definition) is 6. The summed E-state index contributed by atoms with van der Waals surface area (Å²) >= 11 is 0. The molecule has 0 bridgehead atoms. The van der Waals surface area contributed by atoms with Crippen LogP contribution in [0, 0.1) is 34.5 Å². The molecule has 6 N–H and O–H groups in total. The Morgan fingerprint density at radius 3 is 2.16 bits per heavy atom. The van der Waals surface area contributed by atoms with Gasteiger partial charge in [0.25, 0.3) is 20.2 Å². The minimum atomic E-state index is -4.45. The third kappa shape index (κ3) is 10.9. The highest BCUT2D eigenvalue weighted by Crippen LogP contribution is 2.70. The fourth-order valence-electron chi connectivity index (χ4n) is 15.8. The van der Waals surface area contributed by atoms with Crippen molar-refractivity contribution in [2.45, 2.75) is 170 Å². The average Bonchev–Trinajstić information content (AvgIpc) is 4.32. The van der Waals surface area contributed by atoms with E-state index in [4.69, 9.17) is 9.47 Å². The van der Waals surface area contributed by atoms with Gasteiger partial charge in [0.1, 0.15) is 13.2 Å². The second kappa shape index (κ2) is 22.1. The maximum absolute atomic E-state index is 12.9. The lowest BCUT2D eigenvalue weighted by molar-refractivity contribution is -0.245. The molecular weight excluding hydrogens is 1050 g/mol. The molecule has 2 amide bonds. The standard InChI is InChI=1S/C60H82N4O13S2/c1-8-63-48-22-19-41(78(70,71)72)33-46(48)56(2,3)50(63)15-11-9-12-16-51-57(4,5)47-34-42(79(73,74)75)20-23-49(47)64(51)30-14-10-13-17-53(66)61-28-29-62-54(67)37-76-40-24-26-58(6)39(32-40)18-21-44-45(58)35-52(65)59(7)43(25-27-60(44,59)69)38-31-55(68)77-36-38/h9,11-12,15-16,19-20,22-23,31,33-34,39-40,43-45,50,52,65,69H,8,10,13-14,17-18,21,24-30,32,35-37H2,1-7H3,(H,61,66)(H,62,67)(H,70,71,72)(H,73,74,75)/b12-9+,15-11+,51-16-/t39-,40+,43-,44-,45+,50?,52-,58+,59+,60+/m1/s1. The molecule has 2 aromatic carbocycles. The van der Waals surface area contributed by atoms with Crippen molar-refractivity contribution < 1.29 is 60.0 Å². The number of ether oxygens (including phenoxy) is 2. The van der Waals surface area contributed by atoms with Crippen molar-refractivity contribution in [2.24, 2.45) is 34.5 Å². The summed E-state index contributed by atoms with van der Waals surface area (Å²) in [5, 5.41) is 30.2. The summed E-state index contributed by atoms with van der Waals surface area (Å²) < 4.78 is 79.5. The molecule has 3 heterocycles. The van der Waals surface area contributed by atoms with Crippen molar-refractivity contribution in [3.63, 3.8) is 0 Å². The SMILES string of the molecule is CCN1c2ccc(S(=O)(=O)O)cc2C(C)(C)C1/C=C/C=C/C=C1\N(CCCCCC(=O)NCCNC(=O)CO[C@H]2CC[C@@]3(C)[C@H](CC[C@@H]4[C@@H]3C[C@@H](O)[C@]3(C)[C@@H](C5=CC(=O)OC5)CC[C@]43O)C2)c2ccc(S(=O)(=O)O)cc2C1(C)C. The number of fused-ring (bicyclic) bond motifs is 7. The lowest BCUT2D eigenvalue weighted by Gasteiger charge is -2.65. The molecule has 0 saturated heterocycles. The van der Waals surface area contributed by atoms with Crippen molar-refractivity contribution in [2.75, 3.05) is 49.2 Å². The predicted molar refractivity (Wildman–Crippen MR) is 300 cm³/mol. The van der Waals surface area contributed by atoms with Crippen LogP contribution in [-0.2, 0) is 54.9 Å².